The molecule has 0 aliphatic carbocycles. The van der Waals surface area contributed by atoms with Crippen LogP contribution in [0.15, 0.2) is 41.7 Å². The highest BCUT2D eigenvalue weighted by Gasteiger charge is 2.32. The molecule has 180 valence electrons. The molecule has 3 aromatic heterocycles. The molecule has 0 fully saturated rings. The van der Waals surface area contributed by atoms with E-state index in [0.29, 0.717) is 28.6 Å². The maximum absolute atomic E-state index is 12.8. The quantitative estimate of drug-likeness (QED) is 0.353. The Hall–Kier alpha value is -3.91. The lowest BCUT2D eigenvalue weighted by Crippen LogP contribution is -2.08. The van der Waals surface area contributed by atoms with Crippen LogP contribution in [-0.4, -0.2) is 42.5 Å². The molecule has 1 N–H and O–H groups in total. The van der Waals surface area contributed by atoms with E-state index in [0.717, 1.165) is 23.7 Å². The molecular weight excluding hydrogens is 481 g/mol. The van der Waals surface area contributed by atoms with Crippen molar-refractivity contribution in [1.29, 1.82) is 0 Å². The number of hydrogen-bond acceptors (Lipinski definition) is 6. The zero-order valence-corrected chi connectivity index (χ0v) is 19.6. The number of anilines is 1. The van der Waals surface area contributed by atoms with E-state index >= 15 is 0 Å². The lowest BCUT2D eigenvalue weighted by Gasteiger charge is -2.10. The van der Waals surface area contributed by atoms with Crippen molar-refractivity contribution in [1.82, 2.24) is 29.8 Å². The fourth-order valence-electron chi connectivity index (χ4n) is 3.27. The summed E-state index contributed by atoms with van der Waals surface area (Å²) >= 11 is 6.59. The highest BCUT2D eigenvalue weighted by molar-refractivity contribution is 6.32. The minimum atomic E-state index is -4.56. The Kier molecular flexibility index (Phi) is 7.02. The van der Waals surface area contributed by atoms with Crippen LogP contribution in [0, 0.1) is 12.3 Å². The monoisotopic (exact) mass is 500 g/mol. The summed E-state index contributed by atoms with van der Waals surface area (Å²) in [5.74, 6) is 0. The molecule has 0 aliphatic rings. The molecule has 0 aliphatic heterocycles. The maximum atomic E-state index is 12.8. The molecular formula is C23H20ClF3N8. The van der Waals surface area contributed by atoms with E-state index in [1.54, 1.807) is 29.4 Å². The second kappa shape index (κ2) is 10.1. The first-order chi connectivity index (χ1) is 16.8. The van der Waals surface area contributed by atoms with Gasteiger partial charge < -0.3 is 5.32 Å². The van der Waals surface area contributed by atoms with Crippen molar-refractivity contribution in [2.24, 2.45) is 4.99 Å². The molecule has 0 spiro atoms. The number of alkyl halides is 3. The number of benzene rings is 1. The van der Waals surface area contributed by atoms with Gasteiger partial charge in [-0.15, -0.1) is 5.10 Å². The summed E-state index contributed by atoms with van der Waals surface area (Å²) in [7, 11) is 0. The molecule has 0 unspecified atom stereocenters. The predicted octanol–water partition coefficient (Wildman–Crippen LogP) is 4.73. The van der Waals surface area contributed by atoms with Crippen molar-refractivity contribution in [3.8, 4) is 11.4 Å². The summed E-state index contributed by atoms with van der Waals surface area (Å²) in [5, 5.41) is 15.9. The lowest BCUT2D eigenvalue weighted by molar-refractivity contribution is -0.141. The summed E-state index contributed by atoms with van der Waals surface area (Å²) in [6.45, 7) is 4.79. The summed E-state index contributed by atoms with van der Waals surface area (Å²) < 4.78 is 41.7. The molecule has 0 bridgehead atoms. The zero-order chi connectivity index (χ0) is 25.0. The molecule has 12 heteroatoms. The molecule has 4 aromatic rings. The van der Waals surface area contributed by atoms with Crippen LogP contribution < -0.4 is 5.32 Å². The van der Waals surface area contributed by atoms with Crippen LogP contribution in [0.5, 0.6) is 0 Å². The Labute approximate surface area is 204 Å². The van der Waals surface area contributed by atoms with Crippen LogP contribution in [0.3, 0.4) is 0 Å². The molecule has 0 atom stereocenters. The largest absolute Gasteiger partial charge is 0.434 e. The minimum absolute atomic E-state index is 0.0994. The first-order valence-corrected chi connectivity index (χ1v) is 11.1. The van der Waals surface area contributed by atoms with E-state index in [1.165, 1.54) is 4.68 Å². The number of nitrogens with zero attached hydrogens (tertiary/aromatic N) is 7. The molecule has 3 heterocycles. The van der Waals surface area contributed by atoms with Crippen molar-refractivity contribution in [3.05, 3.63) is 76.6 Å². The van der Waals surface area contributed by atoms with Gasteiger partial charge in [0.25, 0.3) is 0 Å². The standard InChI is InChI=1S/C23H20ClF3N8/c1-3-15-11-31-35(21(15)13-28-4-2)20-6-5-18(10-19(20)24)34-14-17(32-33-34)12-30-16-7-8-29-22(9-16)23(25,26)27/h5-6,9-11,13-14,30H,3-4,12H2,1-2H3. The van der Waals surface area contributed by atoms with Gasteiger partial charge in [0.1, 0.15) is 5.69 Å². The van der Waals surface area contributed by atoms with Crippen LogP contribution in [0.4, 0.5) is 18.9 Å². The zero-order valence-electron chi connectivity index (χ0n) is 18.8. The van der Waals surface area contributed by atoms with Crippen molar-refractivity contribution in [2.75, 3.05) is 11.9 Å². The van der Waals surface area contributed by atoms with Crippen LogP contribution in [0.2, 0.25) is 5.02 Å². The van der Waals surface area contributed by atoms with E-state index < -0.39 is 11.9 Å². The SMILES string of the molecule is CCN=Cc1c(CC)cnn1-c1ccc(-n2cc(CNc3c#cnc(C(F)(F)F)c3)nn2)cc1Cl. The summed E-state index contributed by atoms with van der Waals surface area (Å²) in [6.07, 6.45) is 3.61. The van der Waals surface area contributed by atoms with Gasteiger partial charge in [-0.05, 0) is 43.2 Å². The van der Waals surface area contributed by atoms with E-state index in [4.69, 9.17) is 11.6 Å². The third-order valence-electron chi connectivity index (χ3n) is 5.03. The molecule has 0 radical (unpaired) electrons. The van der Waals surface area contributed by atoms with Crippen molar-refractivity contribution < 1.29 is 13.2 Å². The predicted molar refractivity (Wildman–Crippen MR) is 125 cm³/mol. The summed E-state index contributed by atoms with van der Waals surface area (Å²) in [6, 6.07) is 8.75. The highest BCUT2D eigenvalue weighted by Crippen LogP contribution is 2.28. The van der Waals surface area contributed by atoms with E-state index in [9.17, 15) is 13.2 Å². The molecule has 0 amide bonds. The topological polar surface area (TPSA) is 85.8 Å². The number of aromatic nitrogens is 6. The first-order valence-electron chi connectivity index (χ1n) is 10.7. The lowest BCUT2D eigenvalue weighted by atomic mass is 10.2. The van der Waals surface area contributed by atoms with Gasteiger partial charge in [0, 0.05) is 25.0 Å². The van der Waals surface area contributed by atoms with Crippen LogP contribution in [-0.2, 0) is 19.1 Å². The first kappa shape index (κ1) is 24.2. The van der Waals surface area contributed by atoms with Crippen LogP contribution >= 0.6 is 11.6 Å². The van der Waals surface area contributed by atoms with Crippen molar-refractivity contribution >= 4 is 23.5 Å². The number of halogens is 4. The number of aliphatic imine (C=N–C) groups is 1. The number of aryl methyl sites for hydroxylation is 1. The molecule has 35 heavy (non-hydrogen) atoms. The smallest absolute Gasteiger partial charge is 0.372 e. The van der Waals surface area contributed by atoms with Gasteiger partial charge in [0.05, 0.1) is 46.7 Å². The normalized spacial score (nSPS) is 11.7. The van der Waals surface area contributed by atoms with Crippen LogP contribution in [0.1, 0.15) is 36.5 Å². The second-order valence-electron chi connectivity index (χ2n) is 7.38. The van der Waals surface area contributed by atoms with E-state index in [2.05, 4.69) is 43.0 Å². The average molecular weight is 501 g/mol. The minimum Gasteiger partial charge on any atom is -0.372 e. The number of hydrogen-bond donors (Lipinski definition) is 1. The van der Waals surface area contributed by atoms with E-state index in [1.807, 2.05) is 26.0 Å². The van der Waals surface area contributed by atoms with Gasteiger partial charge in [0.2, 0.25) is 0 Å². The third-order valence-corrected chi connectivity index (χ3v) is 5.33. The highest BCUT2D eigenvalue weighted by atomic mass is 35.5. The molecule has 0 saturated heterocycles. The van der Waals surface area contributed by atoms with Crippen LogP contribution in [0.25, 0.3) is 11.4 Å². The second-order valence-corrected chi connectivity index (χ2v) is 7.79. The molecule has 4 rings (SSSR count). The van der Waals surface area contributed by atoms with Gasteiger partial charge in [-0.25, -0.2) is 9.36 Å². The Morgan fingerprint density at radius 3 is 2.77 bits per heavy atom. The average Bonchev–Trinajstić information content (AvgIpc) is 3.48. The Morgan fingerprint density at radius 2 is 2.06 bits per heavy atom. The molecule has 1 aromatic carbocycles. The molecule has 8 nitrogen and oxygen atoms in total. The van der Waals surface area contributed by atoms with Crippen molar-refractivity contribution in [2.45, 2.75) is 33.0 Å². The van der Waals surface area contributed by atoms with Gasteiger partial charge >= 0.3 is 6.18 Å². The van der Waals surface area contributed by atoms with E-state index in [-0.39, 0.29) is 12.2 Å². The third kappa shape index (κ3) is 5.44. The fourth-order valence-corrected chi connectivity index (χ4v) is 3.52. The van der Waals surface area contributed by atoms with Gasteiger partial charge in [-0.3, -0.25) is 4.99 Å². The maximum Gasteiger partial charge on any atom is 0.434 e. The molecule has 0 saturated carbocycles. The summed E-state index contributed by atoms with van der Waals surface area (Å²) in [4.78, 5) is 7.51. The van der Waals surface area contributed by atoms with Gasteiger partial charge in [-0.2, -0.15) is 23.3 Å². The fraction of sp³-hybridized carbons (Fsp3) is 0.261. The number of rotatable bonds is 8. The summed E-state index contributed by atoms with van der Waals surface area (Å²) in [5.41, 5.74) is 2.83. The Bertz CT molecular complexity index is 1340. The van der Waals surface area contributed by atoms with Gasteiger partial charge in [-0.1, -0.05) is 23.7 Å². The Balaban J connectivity index is 1.51. The Morgan fingerprint density at radius 1 is 1.23 bits per heavy atom. The number of nitrogens with one attached hydrogen (secondary N) is 1. The van der Waals surface area contributed by atoms with Gasteiger partial charge in [0.15, 0.2) is 5.69 Å². The van der Waals surface area contributed by atoms with Crippen molar-refractivity contribution in [3.63, 3.8) is 0 Å².